The Kier molecular flexibility index (Phi) is 6.17. The van der Waals surface area contributed by atoms with Crippen molar-refractivity contribution in [1.29, 1.82) is 0 Å². The number of hydrogen-bond acceptors (Lipinski definition) is 3. The summed E-state index contributed by atoms with van der Waals surface area (Å²) in [4.78, 5) is 23.8. The molecule has 0 saturated carbocycles. The van der Waals surface area contributed by atoms with E-state index in [1.165, 1.54) is 0 Å². The van der Waals surface area contributed by atoms with E-state index in [1.54, 1.807) is 7.05 Å². The van der Waals surface area contributed by atoms with Crippen molar-refractivity contribution in [3.63, 3.8) is 0 Å². The maximum atomic E-state index is 12.4. The van der Waals surface area contributed by atoms with Crippen LogP contribution in [0, 0.1) is 13.8 Å². The van der Waals surface area contributed by atoms with E-state index < -0.39 is 0 Å². The molecule has 132 valence electrons. The summed E-state index contributed by atoms with van der Waals surface area (Å²) in [5.41, 5.74) is 4.74. The highest BCUT2D eigenvalue weighted by atomic mass is 16.2. The van der Waals surface area contributed by atoms with E-state index in [0.717, 1.165) is 28.1 Å². The molecular weight excluding hydrogens is 314 g/mol. The van der Waals surface area contributed by atoms with Crippen molar-refractivity contribution < 1.29 is 9.59 Å². The Morgan fingerprint density at radius 3 is 2.36 bits per heavy atom. The zero-order valence-electron chi connectivity index (χ0n) is 15.1. The summed E-state index contributed by atoms with van der Waals surface area (Å²) >= 11 is 0. The summed E-state index contributed by atoms with van der Waals surface area (Å²) in [6.07, 6.45) is 0.347. The van der Waals surface area contributed by atoms with Crippen LogP contribution in [0.3, 0.4) is 0 Å². The molecule has 2 rings (SSSR count). The van der Waals surface area contributed by atoms with Crippen LogP contribution in [0.15, 0.2) is 42.5 Å². The van der Waals surface area contributed by atoms with E-state index in [-0.39, 0.29) is 17.9 Å². The monoisotopic (exact) mass is 339 g/mol. The summed E-state index contributed by atoms with van der Waals surface area (Å²) in [7, 11) is 1.62. The molecule has 0 aliphatic heterocycles. The lowest BCUT2D eigenvalue weighted by molar-refractivity contribution is -0.120. The topological polar surface area (TPSA) is 70.2 Å². The largest absolute Gasteiger partial charge is 0.374 e. The van der Waals surface area contributed by atoms with Crippen molar-refractivity contribution in [2.24, 2.45) is 0 Å². The first-order valence-corrected chi connectivity index (χ1v) is 8.33. The molecule has 5 heteroatoms. The maximum Gasteiger partial charge on any atom is 0.246 e. The van der Waals surface area contributed by atoms with Crippen LogP contribution in [-0.4, -0.2) is 24.9 Å². The third-order valence-corrected chi connectivity index (χ3v) is 4.02. The maximum absolute atomic E-state index is 12.4. The van der Waals surface area contributed by atoms with Gasteiger partial charge in [0.1, 0.15) is 6.04 Å². The third-order valence-electron chi connectivity index (χ3n) is 4.02. The van der Waals surface area contributed by atoms with Gasteiger partial charge in [0.25, 0.3) is 0 Å². The molecule has 2 aromatic carbocycles. The minimum atomic E-state index is -0.385. The number of likely N-dealkylation sites (N-methyl/N-ethyl adjacent to an activating group) is 1. The molecule has 0 radical (unpaired) electrons. The van der Waals surface area contributed by atoms with E-state index in [1.807, 2.05) is 63.2 Å². The second kappa shape index (κ2) is 8.33. The number of hydrogen-bond donors (Lipinski definition) is 3. The van der Waals surface area contributed by atoms with Gasteiger partial charge in [0.05, 0.1) is 6.42 Å². The predicted octanol–water partition coefficient (Wildman–Crippen LogP) is 3.03. The van der Waals surface area contributed by atoms with Crippen LogP contribution in [0.1, 0.15) is 23.6 Å². The Morgan fingerprint density at radius 1 is 1.04 bits per heavy atom. The molecule has 0 saturated heterocycles. The summed E-state index contributed by atoms with van der Waals surface area (Å²) in [6.45, 7) is 5.79. The summed E-state index contributed by atoms with van der Waals surface area (Å²) in [5, 5.41) is 8.74. The highest BCUT2D eigenvalue weighted by Gasteiger charge is 2.14. The number of carbonyl (C=O) groups excluding carboxylic acids is 2. The number of amides is 2. The smallest absolute Gasteiger partial charge is 0.246 e. The molecule has 0 aliphatic carbocycles. The van der Waals surface area contributed by atoms with Crippen LogP contribution in [0.2, 0.25) is 0 Å². The standard InChI is InChI=1S/C20H25N3O2/c1-13-5-6-14(2)18(11-13)23-20(25)15(3)22-17-9-7-16(8-10-17)12-19(24)21-4/h5-11,15,22H,12H2,1-4H3,(H,21,24)(H,23,25). The molecule has 0 bridgehead atoms. The molecule has 3 N–H and O–H groups in total. The van der Waals surface area contributed by atoms with E-state index in [0.29, 0.717) is 6.42 Å². The van der Waals surface area contributed by atoms with Gasteiger partial charge in [0.2, 0.25) is 11.8 Å². The number of anilines is 2. The van der Waals surface area contributed by atoms with Crippen LogP contribution < -0.4 is 16.0 Å². The van der Waals surface area contributed by atoms with Gasteiger partial charge in [-0.25, -0.2) is 0 Å². The molecule has 0 heterocycles. The predicted molar refractivity (Wildman–Crippen MR) is 102 cm³/mol. The van der Waals surface area contributed by atoms with Crippen LogP contribution in [0.5, 0.6) is 0 Å². The Balaban J connectivity index is 1.96. The molecule has 5 nitrogen and oxygen atoms in total. The average molecular weight is 339 g/mol. The molecule has 1 unspecified atom stereocenters. The zero-order valence-corrected chi connectivity index (χ0v) is 15.1. The van der Waals surface area contributed by atoms with Crippen molar-refractivity contribution in [3.05, 3.63) is 59.2 Å². The van der Waals surface area contributed by atoms with Crippen molar-refractivity contribution in [1.82, 2.24) is 5.32 Å². The molecule has 0 aromatic heterocycles. The highest BCUT2D eigenvalue weighted by Crippen LogP contribution is 2.17. The average Bonchev–Trinajstić information content (AvgIpc) is 2.59. The molecule has 0 spiro atoms. The van der Waals surface area contributed by atoms with Crippen molar-refractivity contribution in [2.75, 3.05) is 17.7 Å². The van der Waals surface area contributed by atoms with Crippen molar-refractivity contribution >= 4 is 23.2 Å². The van der Waals surface area contributed by atoms with Gasteiger partial charge in [-0.1, -0.05) is 24.3 Å². The minimum Gasteiger partial charge on any atom is -0.374 e. The van der Waals surface area contributed by atoms with Gasteiger partial charge in [-0.15, -0.1) is 0 Å². The Morgan fingerprint density at radius 2 is 1.72 bits per heavy atom. The quantitative estimate of drug-likeness (QED) is 0.758. The van der Waals surface area contributed by atoms with Crippen molar-refractivity contribution in [2.45, 2.75) is 33.2 Å². The SMILES string of the molecule is CNC(=O)Cc1ccc(NC(C)C(=O)Nc2cc(C)ccc2C)cc1. The first kappa shape index (κ1) is 18.5. The van der Waals surface area contributed by atoms with E-state index >= 15 is 0 Å². The van der Waals surface area contributed by atoms with Crippen LogP contribution in [-0.2, 0) is 16.0 Å². The number of carbonyl (C=O) groups is 2. The fourth-order valence-corrected chi connectivity index (χ4v) is 2.42. The van der Waals surface area contributed by atoms with Gasteiger partial charge >= 0.3 is 0 Å². The van der Waals surface area contributed by atoms with Crippen molar-refractivity contribution in [3.8, 4) is 0 Å². The first-order valence-electron chi connectivity index (χ1n) is 8.33. The number of rotatable bonds is 6. The fourth-order valence-electron chi connectivity index (χ4n) is 2.42. The molecule has 25 heavy (non-hydrogen) atoms. The molecule has 0 fully saturated rings. The first-order chi connectivity index (χ1) is 11.9. The second-order valence-electron chi connectivity index (χ2n) is 6.22. The molecule has 2 aromatic rings. The molecular formula is C20H25N3O2. The number of nitrogens with one attached hydrogen (secondary N) is 3. The van der Waals surface area contributed by atoms with Crippen LogP contribution >= 0.6 is 0 Å². The number of aryl methyl sites for hydroxylation is 2. The van der Waals surface area contributed by atoms with E-state index in [9.17, 15) is 9.59 Å². The normalized spacial score (nSPS) is 11.5. The third kappa shape index (κ3) is 5.35. The van der Waals surface area contributed by atoms with E-state index in [2.05, 4.69) is 16.0 Å². The van der Waals surface area contributed by atoms with Crippen LogP contribution in [0.4, 0.5) is 11.4 Å². The summed E-state index contributed by atoms with van der Waals surface area (Å²) in [5.74, 6) is -0.120. The summed E-state index contributed by atoms with van der Waals surface area (Å²) < 4.78 is 0. The minimum absolute atomic E-state index is 0.0259. The molecule has 0 aliphatic rings. The van der Waals surface area contributed by atoms with Gasteiger partial charge in [0, 0.05) is 18.4 Å². The molecule has 2 amide bonds. The van der Waals surface area contributed by atoms with Crippen LogP contribution in [0.25, 0.3) is 0 Å². The van der Waals surface area contributed by atoms with Gasteiger partial charge in [0.15, 0.2) is 0 Å². The lowest BCUT2D eigenvalue weighted by Gasteiger charge is -2.17. The highest BCUT2D eigenvalue weighted by molar-refractivity contribution is 5.96. The molecule has 1 atom stereocenters. The Labute approximate surface area is 148 Å². The van der Waals surface area contributed by atoms with E-state index in [4.69, 9.17) is 0 Å². The van der Waals surface area contributed by atoms with Gasteiger partial charge in [-0.05, 0) is 55.7 Å². The number of benzene rings is 2. The van der Waals surface area contributed by atoms with Gasteiger partial charge in [-0.2, -0.15) is 0 Å². The lowest BCUT2D eigenvalue weighted by atomic mass is 10.1. The van der Waals surface area contributed by atoms with Gasteiger partial charge < -0.3 is 16.0 Å². The Bertz CT molecular complexity index is 754. The Hall–Kier alpha value is -2.82. The lowest BCUT2D eigenvalue weighted by Crippen LogP contribution is -2.32. The zero-order chi connectivity index (χ0) is 18.4. The van der Waals surface area contributed by atoms with Gasteiger partial charge in [-0.3, -0.25) is 9.59 Å². The second-order valence-corrected chi connectivity index (χ2v) is 6.22. The fraction of sp³-hybridized carbons (Fsp3) is 0.300. The summed E-state index contributed by atoms with van der Waals surface area (Å²) in [6, 6.07) is 13.1.